The summed E-state index contributed by atoms with van der Waals surface area (Å²) >= 11 is 0. The number of benzene rings is 2. The van der Waals surface area contributed by atoms with Crippen molar-refractivity contribution in [2.24, 2.45) is 0 Å². The van der Waals surface area contributed by atoms with Crippen LogP contribution in [0.1, 0.15) is 22.8 Å². The standard InChI is InChI=1S/C28H30F2N8O3/c1-5-31-27(40)24-18(30)11-16(29)12-20(24)33-26-17-6-8-32-25(17)35-28(36-26)34-19-13-21-15(10-22(19)41-4)7-9-38(21)23(39)14-37(2)3/h6,8,10-13H,5,7,9,14H2,1-4H3,(H,31,40)(H3,32,33,34,35,36). The van der Waals surface area contributed by atoms with Crippen LogP contribution in [-0.4, -0.2) is 72.5 Å². The average molecular weight is 565 g/mol. The van der Waals surface area contributed by atoms with Gasteiger partial charge in [-0.15, -0.1) is 0 Å². The molecule has 3 aliphatic heterocycles. The summed E-state index contributed by atoms with van der Waals surface area (Å²) in [6, 6.07) is 7.07. The third-order valence-corrected chi connectivity index (χ3v) is 6.59. The third kappa shape index (κ3) is 5.61. The number of carbonyl (C=O) groups is 2. The van der Waals surface area contributed by atoms with Crippen molar-refractivity contribution >= 4 is 40.6 Å². The molecule has 0 aliphatic carbocycles. The van der Waals surface area contributed by atoms with Gasteiger partial charge in [0.15, 0.2) is 0 Å². The van der Waals surface area contributed by atoms with Crippen LogP contribution < -0.4 is 25.6 Å². The van der Waals surface area contributed by atoms with E-state index in [1.54, 1.807) is 31.2 Å². The van der Waals surface area contributed by atoms with Gasteiger partial charge in [0.2, 0.25) is 11.9 Å². The van der Waals surface area contributed by atoms with Crippen molar-refractivity contribution < 1.29 is 23.1 Å². The number of ether oxygens (including phenoxy) is 1. The highest BCUT2D eigenvalue weighted by molar-refractivity contribution is 6.01. The molecule has 4 N–H and O–H groups in total. The summed E-state index contributed by atoms with van der Waals surface area (Å²) in [5.74, 6) is -1.16. The zero-order valence-corrected chi connectivity index (χ0v) is 23.1. The smallest absolute Gasteiger partial charge is 0.256 e. The fraction of sp³-hybridized carbons (Fsp3) is 0.286. The number of H-pyrrole nitrogens is 1. The zero-order valence-electron chi connectivity index (χ0n) is 23.1. The molecular formula is C28H30F2N8O3. The number of halogens is 2. The summed E-state index contributed by atoms with van der Waals surface area (Å²) in [7, 11) is 5.23. The molecule has 2 amide bonds. The molecule has 3 aliphatic rings. The summed E-state index contributed by atoms with van der Waals surface area (Å²) < 4.78 is 34.6. The lowest BCUT2D eigenvalue weighted by molar-refractivity contribution is -0.119. The Kier molecular flexibility index (Phi) is 7.70. The van der Waals surface area contributed by atoms with Crippen molar-refractivity contribution in [3.63, 3.8) is 0 Å². The topological polar surface area (TPSA) is 128 Å². The first-order valence-electron chi connectivity index (χ1n) is 13.0. The molecule has 0 saturated heterocycles. The number of nitrogens with one attached hydrogen (secondary N) is 4. The molecule has 13 heteroatoms. The van der Waals surface area contributed by atoms with Gasteiger partial charge in [-0.25, -0.2) is 13.8 Å². The molecule has 3 heterocycles. The number of carbonyl (C=O) groups excluding carboxylic acids is 2. The Morgan fingerprint density at radius 2 is 1.95 bits per heavy atom. The molecule has 0 aromatic heterocycles. The molecule has 0 spiro atoms. The van der Waals surface area contributed by atoms with Gasteiger partial charge in [0.1, 0.15) is 29.0 Å². The number of hydrogen-bond donors (Lipinski definition) is 4. The molecule has 2 aromatic carbocycles. The minimum Gasteiger partial charge on any atom is -0.495 e. The summed E-state index contributed by atoms with van der Waals surface area (Å²) in [5.41, 5.74) is 2.39. The van der Waals surface area contributed by atoms with E-state index in [2.05, 4.69) is 30.9 Å². The molecule has 0 saturated carbocycles. The van der Waals surface area contributed by atoms with Crippen molar-refractivity contribution in [3.8, 4) is 17.1 Å². The molecule has 0 unspecified atom stereocenters. The van der Waals surface area contributed by atoms with Crippen LogP contribution >= 0.6 is 0 Å². The number of fused-ring (bicyclic) bond motifs is 2. The van der Waals surface area contributed by atoms with Gasteiger partial charge in [0.25, 0.3) is 5.91 Å². The number of hydrogen-bond acceptors (Lipinski definition) is 8. The van der Waals surface area contributed by atoms with E-state index in [0.29, 0.717) is 41.9 Å². The predicted octanol–water partition coefficient (Wildman–Crippen LogP) is 3.88. The maximum atomic E-state index is 14.7. The van der Waals surface area contributed by atoms with E-state index in [9.17, 15) is 18.4 Å². The molecule has 0 radical (unpaired) electrons. The predicted molar refractivity (Wildman–Crippen MR) is 152 cm³/mol. The molecule has 0 bridgehead atoms. The van der Waals surface area contributed by atoms with E-state index >= 15 is 0 Å². The van der Waals surface area contributed by atoms with Gasteiger partial charge < -0.3 is 35.5 Å². The summed E-state index contributed by atoms with van der Waals surface area (Å²) in [6.45, 7) is 2.80. The van der Waals surface area contributed by atoms with Crippen molar-refractivity contribution in [2.75, 3.05) is 56.4 Å². The highest BCUT2D eigenvalue weighted by Gasteiger charge is 2.27. The lowest BCUT2D eigenvalue weighted by Gasteiger charge is -2.21. The quantitative estimate of drug-likeness (QED) is 0.241. The van der Waals surface area contributed by atoms with Gasteiger partial charge >= 0.3 is 0 Å². The number of anilines is 5. The largest absolute Gasteiger partial charge is 0.495 e. The molecule has 41 heavy (non-hydrogen) atoms. The summed E-state index contributed by atoms with van der Waals surface area (Å²) in [4.78, 5) is 41.0. The number of nitrogens with zero attached hydrogens (tertiary/aromatic N) is 4. The lowest BCUT2D eigenvalue weighted by Crippen LogP contribution is -2.36. The molecule has 0 atom stereocenters. The van der Waals surface area contributed by atoms with E-state index in [0.717, 1.165) is 17.3 Å². The Bertz CT molecular complexity index is 1590. The van der Waals surface area contributed by atoms with E-state index in [4.69, 9.17) is 4.74 Å². The van der Waals surface area contributed by atoms with Gasteiger partial charge in [-0.3, -0.25) is 9.59 Å². The average Bonchev–Trinajstić information content (AvgIpc) is 3.54. The molecular weight excluding hydrogens is 534 g/mol. The maximum absolute atomic E-state index is 14.7. The third-order valence-electron chi connectivity index (χ3n) is 6.59. The Balaban J connectivity index is 1.52. The molecule has 214 valence electrons. The highest BCUT2D eigenvalue weighted by Crippen LogP contribution is 2.39. The van der Waals surface area contributed by atoms with E-state index in [1.807, 2.05) is 31.1 Å². The molecule has 11 nitrogen and oxygen atoms in total. The van der Waals surface area contributed by atoms with E-state index < -0.39 is 17.5 Å². The van der Waals surface area contributed by atoms with Gasteiger partial charge in [-0.2, -0.15) is 4.98 Å². The fourth-order valence-electron chi connectivity index (χ4n) is 4.80. The highest BCUT2D eigenvalue weighted by atomic mass is 19.1. The second kappa shape index (κ2) is 11.4. The van der Waals surface area contributed by atoms with Crippen molar-refractivity contribution in [1.29, 1.82) is 0 Å². The maximum Gasteiger partial charge on any atom is 0.256 e. The van der Waals surface area contributed by atoms with E-state index in [1.165, 1.54) is 0 Å². The number of aromatic amines is 1. The first-order valence-corrected chi connectivity index (χ1v) is 13.0. The minimum absolute atomic E-state index is 0.0197. The van der Waals surface area contributed by atoms with Crippen molar-refractivity contribution in [1.82, 2.24) is 25.2 Å². The number of likely N-dealkylation sites (N-methyl/N-ethyl adjacent to an activating group) is 1. The van der Waals surface area contributed by atoms with Crippen LogP contribution in [-0.2, 0) is 11.2 Å². The fourth-order valence-corrected chi connectivity index (χ4v) is 4.80. The SMILES string of the molecule is CCNC(=O)c1c(F)cc(F)cc1Nc1nc(Nc2cc3c(cc2OC)CCN3C(=O)CN(C)C)[nH]c2nccc1-2. The van der Waals surface area contributed by atoms with Crippen LogP contribution in [0.15, 0.2) is 36.5 Å². The number of methoxy groups -OCH3 is 1. The van der Waals surface area contributed by atoms with Crippen LogP contribution in [0.5, 0.6) is 5.75 Å². The van der Waals surface area contributed by atoms with Crippen LogP contribution in [0.3, 0.4) is 0 Å². The molecule has 0 fully saturated rings. The Morgan fingerprint density at radius 3 is 2.68 bits per heavy atom. The number of aromatic nitrogens is 3. The van der Waals surface area contributed by atoms with Crippen LogP contribution in [0.4, 0.5) is 37.6 Å². The summed E-state index contributed by atoms with van der Waals surface area (Å²) in [6.07, 6.45) is 2.25. The number of rotatable bonds is 9. The second-order valence-electron chi connectivity index (χ2n) is 9.78. The molecule has 5 rings (SSSR count). The first-order chi connectivity index (χ1) is 19.7. The summed E-state index contributed by atoms with van der Waals surface area (Å²) in [5, 5.41) is 8.66. The van der Waals surface area contributed by atoms with Crippen LogP contribution in [0.2, 0.25) is 0 Å². The second-order valence-corrected chi connectivity index (χ2v) is 9.78. The molecule has 2 aromatic rings. The Hall–Kier alpha value is -4.78. The van der Waals surface area contributed by atoms with Gasteiger partial charge in [-0.05, 0) is 57.3 Å². The van der Waals surface area contributed by atoms with Gasteiger partial charge in [0, 0.05) is 31.0 Å². The lowest BCUT2D eigenvalue weighted by atomic mass is 10.1. The Labute approximate surface area is 235 Å². The van der Waals surface area contributed by atoms with Crippen LogP contribution in [0, 0.1) is 11.6 Å². The van der Waals surface area contributed by atoms with Crippen LogP contribution in [0.25, 0.3) is 11.4 Å². The monoisotopic (exact) mass is 564 g/mol. The zero-order chi connectivity index (χ0) is 29.3. The first kappa shape index (κ1) is 27.8. The Morgan fingerprint density at radius 1 is 1.15 bits per heavy atom. The van der Waals surface area contributed by atoms with Gasteiger partial charge in [0.05, 0.1) is 36.2 Å². The van der Waals surface area contributed by atoms with E-state index in [-0.39, 0.29) is 42.0 Å². The van der Waals surface area contributed by atoms with Crippen molar-refractivity contribution in [2.45, 2.75) is 13.3 Å². The van der Waals surface area contributed by atoms with Gasteiger partial charge in [-0.1, -0.05) is 0 Å². The van der Waals surface area contributed by atoms with Crippen molar-refractivity contribution in [3.05, 3.63) is 59.3 Å². The normalized spacial score (nSPS) is 12.5. The minimum atomic E-state index is -1.01. The number of amides is 2.